The van der Waals surface area contributed by atoms with Crippen molar-refractivity contribution in [3.63, 3.8) is 0 Å². The fourth-order valence-electron chi connectivity index (χ4n) is 1.44. The lowest BCUT2D eigenvalue weighted by atomic mass is 10.0. The number of hydrogen-bond donors (Lipinski definition) is 1. The van der Waals surface area contributed by atoms with Crippen molar-refractivity contribution in [1.82, 2.24) is 0 Å². The van der Waals surface area contributed by atoms with Crippen LogP contribution in [0.5, 0.6) is 0 Å². The van der Waals surface area contributed by atoms with Crippen molar-refractivity contribution in [1.29, 1.82) is 0 Å². The molecule has 81 valence electrons. The standard InChI is InChI=1S/C13H9BrClO/c14-11-6-4-9(5-7-11)13(16)10-2-1-3-12(15)8-10/h1,3-8,13,16H. The first-order chi connectivity index (χ1) is 7.66. The lowest BCUT2D eigenvalue weighted by Gasteiger charge is -2.11. The van der Waals surface area contributed by atoms with Gasteiger partial charge in [0.15, 0.2) is 0 Å². The molecule has 0 amide bonds. The maximum absolute atomic E-state index is 10.1. The predicted octanol–water partition coefficient (Wildman–Crippen LogP) is 3.98. The summed E-state index contributed by atoms with van der Waals surface area (Å²) in [5.41, 5.74) is 1.50. The molecule has 0 aromatic heterocycles. The zero-order valence-corrected chi connectivity index (χ0v) is 10.7. The first kappa shape index (κ1) is 11.6. The highest BCUT2D eigenvalue weighted by Crippen LogP contribution is 2.24. The lowest BCUT2D eigenvalue weighted by Crippen LogP contribution is -1.99. The lowest BCUT2D eigenvalue weighted by molar-refractivity contribution is 0.220. The molecule has 0 heterocycles. The minimum atomic E-state index is -0.688. The molecule has 0 saturated carbocycles. The van der Waals surface area contributed by atoms with Crippen LogP contribution >= 0.6 is 27.5 Å². The van der Waals surface area contributed by atoms with Gasteiger partial charge in [-0.2, -0.15) is 0 Å². The van der Waals surface area contributed by atoms with Crippen molar-refractivity contribution in [2.75, 3.05) is 0 Å². The van der Waals surface area contributed by atoms with Crippen LogP contribution in [0.25, 0.3) is 0 Å². The van der Waals surface area contributed by atoms with Gasteiger partial charge in [-0.25, -0.2) is 0 Å². The second kappa shape index (κ2) is 5.00. The SMILES string of the molecule is OC(c1[c]ccc(Cl)c1)c1ccc(Br)cc1. The molecule has 0 aliphatic rings. The number of halogens is 2. The summed E-state index contributed by atoms with van der Waals surface area (Å²) in [5, 5.41) is 10.7. The maximum Gasteiger partial charge on any atom is 0.105 e. The Bertz CT molecular complexity index is 482. The van der Waals surface area contributed by atoms with E-state index in [-0.39, 0.29) is 0 Å². The Hall–Kier alpha value is -0.830. The van der Waals surface area contributed by atoms with E-state index < -0.39 is 6.10 Å². The molecule has 0 bridgehead atoms. The number of benzene rings is 2. The van der Waals surface area contributed by atoms with Gasteiger partial charge in [0.2, 0.25) is 0 Å². The molecule has 1 N–H and O–H groups in total. The van der Waals surface area contributed by atoms with Gasteiger partial charge in [0, 0.05) is 9.50 Å². The van der Waals surface area contributed by atoms with E-state index in [4.69, 9.17) is 11.6 Å². The third-order valence-electron chi connectivity index (χ3n) is 2.27. The van der Waals surface area contributed by atoms with Crippen LogP contribution in [0, 0.1) is 6.07 Å². The van der Waals surface area contributed by atoms with Crippen LogP contribution in [-0.2, 0) is 0 Å². The molecule has 1 nitrogen and oxygen atoms in total. The summed E-state index contributed by atoms with van der Waals surface area (Å²) in [6, 6.07) is 15.6. The molecular formula is C13H9BrClO. The molecule has 0 aliphatic carbocycles. The minimum Gasteiger partial charge on any atom is -0.384 e. The van der Waals surface area contributed by atoms with E-state index in [9.17, 15) is 5.11 Å². The normalized spacial score (nSPS) is 12.4. The molecule has 2 aromatic carbocycles. The Morgan fingerprint density at radius 2 is 1.88 bits per heavy atom. The highest BCUT2D eigenvalue weighted by atomic mass is 79.9. The second-order valence-electron chi connectivity index (χ2n) is 3.42. The number of hydrogen-bond acceptors (Lipinski definition) is 1. The summed E-state index contributed by atoms with van der Waals surface area (Å²) >= 11 is 9.21. The first-order valence-corrected chi connectivity index (χ1v) is 5.94. The molecule has 1 atom stereocenters. The second-order valence-corrected chi connectivity index (χ2v) is 4.77. The van der Waals surface area contributed by atoms with Crippen molar-refractivity contribution < 1.29 is 5.11 Å². The molecule has 1 unspecified atom stereocenters. The van der Waals surface area contributed by atoms with Gasteiger partial charge in [-0.1, -0.05) is 45.7 Å². The van der Waals surface area contributed by atoms with Gasteiger partial charge in [-0.15, -0.1) is 0 Å². The van der Waals surface area contributed by atoms with Crippen molar-refractivity contribution in [2.45, 2.75) is 6.10 Å². The smallest absolute Gasteiger partial charge is 0.105 e. The van der Waals surface area contributed by atoms with Crippen LogP contribution < -0.4 is 0 Å². The molecule has 16 heavy (non-hydrogen) atoms. The van der Waals surface area contributed by atoms with Gasteiger partial charge in [-0.05, 0) is 41.5 Å². The summed E-state index contributed by atoms with van der Waals surface area (Å²) in [6.07, 6.45) is -0.688. The third kappa shape index (κ3) is 2.64. The van der Waals surface area contributed by atoms with Gasteiger partial charge in [0.1, 0.15) is 6.10 Å². The topological polar surface area (TPSA) is 20.2 Å². The van der Waals surface area contributed by atoms with Gasteiger partial charge in [0.05, 0.1) is 0 Å². The molecule has 3 heteroatoms. The maximum atomic E-state index is 10.1. The molecule has 0 spiro atoms. The van der Waals surface area contributed by atoms with Gasteiger partial charge >= 0.3 is 0 Å². The zero-order valence-electron chi connectivity index (χ0n) is 8.32. The molecule has 2 aromatic rings. The number of aliphatic hydroxyl groups is 1. The third-order valence-corrected chi connectivity index (χ3v) is 3.03. The highest BCUT2D eigenvalue weighted by molar-refractivity contribution is 9.10. The summed E-state index contributed by atoms with van der Waals surface area (Å²) in [5.74, 6) is 0. The molecule has 0 aliphatic heterocycles. The summed E-state index contributed by atoms with van der Waals surface area (Å²) in [7, 11) is 0. The monoisotopic (exact) mass is 295 g/mol. The van der Waals surface area contributed by atoms with E-state index in [0.29, 0.717) is 10.6 Å². The Morgan fingerprint density at radius 3 is 2.50 bits per heavy atom. The largest absolute Gasteiger partial charge is 0.384 e. The first-order valence-electron chi connectivity index (χ1n) is 4.77. The van der Waals surface area contributed by atoms with Crippen molar-refractivity contribution in [3.05, 3.63) is 69.2 Å². The van der Waals surface area contributed by atoms with Crippen molar-refractivity contribution in [3.8, 4) is 0 Å². The van der Waals surface area contributed by atoms with E-state index in [1.54, 1.807) is 18.2 Å². The number of rotatable bonds is 2. The van der Waals surface area contributed by atoms with Gasteiger partial charge < -0.3 is 5.11 Å². The number of aliphatic hydroxyl groups excluding tert-OH is 1. The molecule has 0 fully saturated rings. The minimum absolute atomic E-state index is 0.602. The zero-order chi connectivity index (χ0) is 11.5. The van der Waals surface area contributed by atoms with E-state index in [1.807, 2.05) is 24.3 Å². The Labute approximate surface area is 108 Å². The molecule has 2 rings (SSSR count). The Morgan fingerprint density at radius 1 is 1.19 bits per heavy atom. The van der Waals surface area contributed by atoms with Crippen LogP contribution in [0.1, 0.15) is 17.2 Å². The van der Waals surface area contributed by atoms with E-state index in [0.717, 1.165) is 10.0 Å². The van der Waals surface area contributed by atoms with Crippen molar-refractivity contribution in [2.24, 2.45) is 0 Å². The predicted molar refractivity (Wildman–Crippen MR) is 68.5 cm³/mol. The average molecular weight is 297 g/mol. The summed E-state index contributed by atoms with van der Waals surface area (Å²) < 4.78 is 0.985. The van der Waals surface area contributed by atoms with Crippen LogP contribution in [0.2, 0.25) is 5.02 Å². The van der Waals surface area contributed by atoms with E-state index >= 15 is 0 Å². The Kier molecular flexibility index (Phi) is 3.64. The fourth-order valence-corrected chi connectivity index (χ4v) is 1.88. The van der Waals surface area contributed by atoms with Gasteiger partial charge in [-0.3, -0.25) is 0 Å². The van der Waals surface area contributed by atoms with Crippen LogP contribution in [-0.4, -0.2) is 5.11 Å². The van der Waals surface area contributed by atoms with Crippen LogP contribution in [0.15, 0.2) is 46.9 Å². The quantitative estimate of drug-likeness (QED) is 0.888. The highest BCUT2D eigenvalue weighted by Gasteiger charge is 2.10. The molecule has 1 radical (unpaired) electrons. The Balaban J connectivity index is 2.31. The van der Waals surface area contributed by atoms with Crippen LogP contribution in [0.3, 0.4) is 0 Å². The van der Waals surface area contributed by atoms with Crippen LogP contribution in [0.4, 0.5) is 0 Å². The average Bonchev–Trinajstić information content (AvgIpc) is 2.29. The summed E-state index contributed by atoms with van der Waals surface area (Å²) in [4.78, 5) is 0. The molecule has 0 saturated heterocycles. The van der Waals surface area contributed by atoms with Gasteiger partial charge in [0.25, 0.3) is 0 Å². The van der Waals surface area contributed by atoms with Crippen molar-refractivity contribution >= 4 is 27.5 Å². The fraction of sp³-hybridized carbons (Fsp3) is 0.0769. The van der Waals surface area contributed by atoms with E-state index in [2.05, 4.69) is 22.0 Å². The molecular weight excluding hydrogens is 287 g/mol. The van der Waals surface area contributed by atoms with E-state index in [1.165, 1.54) is 0 Å². The summed E-state index contributed by atoms with van der Waals surface area (Å²) in [6.45, 7) is 0.